The molecular weight excluding hydrogens is 379 g/mol. The maximum atomic E-state index is 12.3. The van der Waals surface area contributed by atoms with E-state index in [1.54, 1.807) is 23.1 Å². The monoisotopic (exact) mass is 402 g/mol. The first-order chi connectivity index (χ1) is 12.1. The second kappa shape index (κ2) is 8.82. The van der Waals surface area contributed by atoms with E-state index in [-0.39, 0.29) is 18.6 Å². The van der Waals surface area contributed by atoms with Gasteiger partial charge in [-0.3, -0.25) is 4.79 Å². The number of nitrogens with zero attached hydrogens (tertiary/aromatic N) is 1. The van der Waals surface area contributed by atoms with Gasteiger partial charge in [0.1, 0.15) is 11.4 Å². The molecule has 8 heteroatoms. The molecule has 1 aromatic carbocycles. The smallest absolute Gasteiger partial charge is 0.407 e. The fraction of sp³-hybridized carbons (Fsp3) is 0.556. The second-order valence-electron chi connectivity index (χ2n) is 7.20. The van der Waals surface area contributed by atoms with E-state index in [1.165, 1.54) is 0 Å². The van der Waals surface area contributed by atoms with Crippen molar-refractivity contribution in [3.8, 4) is 5.75 Å². The number of rotatable bonds is 4. The summed E-state index contributed by atoms with van der Waals surface area (Å²) in [5.41, 5.74) is -0.526. The lowest BCUT2D eigenvalue weighted by molar-refractivity contribution is -0.134. The zero-order chi connectivity index (χ0) is 19.3. The Bertz CT molecular complexity index is 633. The lowest BCUT2D eigenvalue weighted by Gasteiger charge is -2.32. The minimum absolute atomic E-state index is 0.00144. The van der Waals surface area contributed by atoms with E-state index in [0.29, 0.717) is 41.7 Å². The molecule has 1 aliphatic heterocycles. The number of hydrogen-bond acceptors (Lipinski definition) is 4. The van der Waals surface area contributed by atoms with Crippen molar-refractivity contribution in [3.63, 3.8) is 0 Å². The first-order valence-electron chi connectivity index (χ1n) is 8.48. The summed E-state index contributed by atoms with van der Waals surface area (Å²) < 4.78 is 10.7. The fourth-order valence-corrected chi connectivity index (χ4v) is 3.10. The Morgan fingerprint density at radius 2 is 1.73 bits per heavy atom. The molecule has 2 rings (SSSR count). The van der Waals surface area contributed by atoms with Gasteiger partial charge in [0.25, 0.3) is 5.91 Å². The molecule has 1 heterocycles. The van der Waals surface area contributed by atoms with E-state index in [4.69, 9.17) is 32.7 Å². The molecule has 1 N–H and O–H groups in total. The first-order valence-corrected chi connectivity index (χ1v) is 9.24. The highest BCUT2D eigenvalue weighted by Gasteiger charge is 2.25. The van der Waals surface area contributed by atoms with Gasteiger partial charge in [-0.25, -0.2) is 4.79 Å². The zero-order valence-corrected chi connectivity index (χ0v) is 16.7. The van der Waals surface area contributed by atoms with E-state index in [1.807, 2.05) is 20.8 Å². The Labute approximate surface area is 163 Å². The van der Waals surface area contributed by atoms with Crippen molar-refractivity contribution in [2.75, 3.05) is 19.7 Å². The second-order valence-corrected chi connectivity index (χ2v) is 8.07. The third kappa shape index (κ3) is 6.92. The van der Waals surface area contributed by atoms with Gasteiger partial charge in [0, 0.05) is 29.2 Å². The largest absolute Gasteiger partial charge is 0.484 e. The van der Waals surface area contributed by atoms with Gasteiger partial charge in [-0.2, -0.15) is 0 Å². The van der Waals surface area contributed by atoms with E-state index in [9.17, 15) is 9.59 Å². The van der Waals surface area contributed by atoms with Crippen LogP contribution in [0.2, 0.25) is 10.0 Å². The molecule has 0 aliphatic carbocycles. The van der Waals surface area contributed by atoms with E-state index < -0.39 is 11.7 Å². The van der Waals surface area contributed by atoms with Gasteiger partial charge < -0.3 is 19.7 Å². The molecule has 0 aromatic heterocycles. The van der Waals surface area contributed by atoms with Crippen molar-refractivity contribution in [1.82, 2.24) is 10.2 Å². The van der Waals surface area contributed by atoms with Crippen molar-refractivity contribution < 1.29 is 19.1 Å². The predicted octanol–water partition coefficient (Wildman–Crippen LogP) is 3.89. The fourth-order valence-electron chi connectivity index (χ4n) is 2.60. The summed E-state index contributed by atoms with van der Waals surface area (Å²) in [6, 6.07) is 4.82. The number of benzene rings is 1. The summed E-state index contributed by atoms with van der Waals surface area (Å²) >= 11 is 11.8. The molecule has 1 saturated heterocycles. The third-order valence-corrected chi connectivity index (χ3v) is 4.20. The van der Waals surface area contributed by atoms with Crippen LogP contribution in [-0.4, -0.2) is 48.2 Å². The standard InChI is InChI=1S/C18H24Cl2N2O4/c1-18(2,3)26-17(24)21-14-4-6-22(7-5-14)16(23)11-25-15-9-12(19)8-13(20)10-15/h8-10,14H,4-7,11H2,1-3H3,(H,21,24). The van der Waals surface area contributed by atoms with Crippen molar-refractivity contribution >= 4 is 35.2 Å². The van der Waals surface area contributed by atoms with Gasteiger partial charge in [-0.1, -0.05) is 23.2 Å². The molecule has 0 radical (unpaired) electrons. The van der Waals surface area contributed by atoms with Crippen LogP contribution in [0.1, 0.15) is 33.6 Å². The topological polar surface area (TPSA) is 67.9 Å². The Kier molecular flexibility index (Phi) is 7.01. The molecule has 0 saturated carbocycles. The van der Waals surface area contributed by atoms with E-state index in [2.05, 4.69) is 5.32 Å². The lowest BCUT2D eigenvalue weighted by Crippen LogP contribution is -2.48. The van der Waals surface area contributed by atoms with E-state index >= 15 is 0 Å². The number of carbonyl (C=O) groups excluding carboxylic acids is 2. The Hall–Kier alpha value is -1.66. The van der Waals surface area contributed by atoms with Gasteiger partial charge in [0.2, 0.25) is 0 Å². The van der Waals surface area contributed by atoms with Crippen LogP contribution in [0.5, 0.6) is 5.75 Å². The normalized spacial score (nSPS) is 15.5. The zero-order valence-electron chi connectivity index (χ0n) is 15.2. The summed E-state index contributed by atoms with van der Waals surface area (Å²) in [6.07, 6.45) is 0.922. The molecule has 26 heavy (non-hydrogen) atoms. The SMILES string of the molecule is CC(C)(C)OC(=O)NC1CCN(C(=O)COc2cc(Cl)cc(Cl)c2)CC1. The highest BCUT2D eigenvalue weighted by molar-refractivity contribution is 6.34. The quantitative estimate of drug-likeness (QED) is 0.829. The van der Waals surface area contributed by atoms with Crippen LogP contribution in [0, 0.1) is 0 Å². The molecule has 1 fully saturated rings. The van der Waals surface area contributed by atoms with Crippen LogP contribution in [-0.2, 0) is 9.53 Å². The number of ether oxygens (including phenoxy) is 2. The highest BCUT2D eigenvalue weighted by Crippen LogP contribution is 2.24. The summed E-state index contributed by atoms with van der Waals surface area (Å²) in [6.45, 7) is 6.49. The number of amides is 2. The molecule has 2 amide bonds. The minimum atomic E-state index is -0.526. The molecule has 1 aliphatic rings. The average molecular weight is 403 g/mol. The molecule has 1 aromatic rings. The first kappa shape index (κ1) is 20.6. The van der Waals surface area contributed by atoms with Crippen LogP contribution >= 0.6 is 23.2 Å². The number of hydrogen-bond donors (Lipinski definition) is 1. The van der Waals surface area contributed by atoms with Crippen molar-refractivity contribution in [3.05, 3.63) is 28.2 Å². The number of halogens is 2. The number of alkyl carbamates (subject to hydrolysis) is 1. The molecule has 0 spiro atoms. The Morgan fingerprint density at radius 1 is 1.15 bits per heavy atom. The number of piperidine rings is 1. The predicted molar refractivity (Wildman–Crippen MR) is 101 cm³/mol. The van der Waals surface area contributed by atoms with E-state index in [0.717, 1.165) is 0 Å². The lowest BCUT2D eigenvalue weighted by atomic mass is 10.1. The van der Waals surface area contributed by atoms with Crippen LogP contribution in [0.25, 0.3) is 0 Å². The van der Waals surface area contributed by atoms with Crippen LogP contribution in [0.15, 0.2) is 18.2 Å². The molecule has 144 valence electrons. The molecule has 0 unspecified atom stereocenters. The van der Waals surface area contributed by atoms with Gasteiger partial charge in [-0.15, -0.1) is 0 Å². The average Bonchev–Trinajstić information content (AvgIpc) is 2.50. The Morgan fingerprint density at radius 3 is 2.27 bits per heavy atom. The van der Waals surface area contributed by atoms with Gasteiger partial charge >= 0.3 is 6.09 Å². The van der Waals surface area contributed by atoms with Crippen molar-refractivity contribution in [2.45, 2.75) is 45.3 Å². The summed E-state index contributed by atoms with van der Waals surface area (Å²) in [5.74, 6) is 0.342. The molecule has 6 nitrogen and oxygen atoms in total. The molecule has 0 bridgehead atoms. The molecular formula is C18H24Cl2N2O4. The van der Waals surface area contributed by atoms with Gasteiger partial charge in [0.15, 0.2) is 6.61 Å². The number of likely N-dealkylation sites (tertiary alicyclic amines) is 1. The summed E-state index contributed by atoms with van der Waals surface area (Å²) in [5, 5.41) is 3.75. The summed E-state index contributed by atoms with van der Waals surface area (Å²) in [7, 11) is 0. The number of carbonyl (C=O) groups is 2. The maximum absolute atomic E-state index is 12.3. The minimum Gasteiger partial charge on any atom is -0.484 e. The molecule has 0 atom stereocenters. The van der Waals surface area contributed by atoms with Crippen LogP contribution in [0.3, 0.4) is 0 Å². The third-order valence-electron chi connectivity index (χ3n) is 3.77. The van der Waals surface area contributed by atoms with Crippen LogP contribution in [0.4, 0.5) is 4.79 Å². The van der Waals surface area contributed by atoms with Gasteiger partial charge in [0.05, 0.1) is 0 Å². The van der Waals surface area contributed by atoms with Gasteiger partial charge in [-0.05, 0) is 51.8 Å². The highest BCUT2D eigenvalue weighted by atomic mass is 35.5. The van der Waals surface area contributed by atoms with Crippen molar-refractivity contribution in [1.29, 1.82) is 0 Å². The number of nitrogens with one attached hydrogen (secondary N) is 1. The summed E-state index contributed by atoms with van der Waals surface area (Å²) in [4.78, 5) is 25.8. The Balaban J connectivity index is 1.75. The van der Waals surface area contributed by atoms with Crippen molar-refractivity contribution in [2.24, 2.45) is 0 Å². The van der Waals surface area contributed by atoms with Crippen LogP contribution < -0.4 is 10.1 Å². The maximum Gasteiger partial charge on any atom is 0.407 e.